The van der Waals surface area contributed by atoms with Gasteiger partial charge in [0.05, 0.1) is 6.54 Å². The second-order valence-corrected chi connectivity index (χ2v) is 10.5. The third-order valence-electron chi connectivity index (χ3n) is 6.22. The summed E-state index contributed by atoms with van der Waals surface area (Å²) < 4.78 is 42.3. The van der Waals surface area contributed by atoms with E-state index in [2.05, 4.69) is 4.90 Å². The molecule has 180 valence electrons. The number of piperazine rings is 2. The van der Waals surface area contributed by atoms with Gasteiger partial charge in [0, 0.05) is 82.6 Å². The van der Waals surface area contributed by atoms with Crippen LogP contribution in [0.25, 0.3) is 0 Å². The van der Waals surface area contributed by atoms with E-state index in [0.29, 0.717) is 82.6 Å². The molecule has 0 atom stereocenters. The molecular weight excluding hydrogens is 457 g/mol. The van der Waals surface area contributed by atoms with E-state index in [1.165, 1.54) is 14.7 Å². The highest BCUT2D eigenvalue weighted by Gasteiger charge is 2.32. The maximum absolute atomic E-state index is 14.0. The molecular formula is C21H33ClFN5O3S. The smallest absolute Gasteiger partial charge is 0.282 e. The molecule has 0 bridgehead atoms. The molecule has 32 heavy (non-hydrogen) atoms. The van der Waals surface area contributed by atoms with Gasteiger partial charge in [-0.2, -0.15) is 17.0 Å². The summed E-state index contributed by atoms with van der Waals surface area (Å²) in [6.45, 7) is 9.64. The van der Waals surface area contributed by atoms with Crippen LogP contribution in [0, 0.1) is 5.82 Å². The fourth-order valence-corrected chi connectivity index (χ4v) is 6.01. The molecule has 2 aliphatic rings. The van der Waals surface area contributed by atoms with Gasteiger partial charge in [0.15, 0.2) is 0 Å². The van der Waals surface area contributed by atoms with Crippen molar-refractivity contribution in [1.29, 1.82) is 0 Å². The Hall–Kier alpha value is -1.30. The van der Waals surface area contributed by atoms with Crippen LogP contribution in [-0.2, 0) is 21.5 Å². The molecule has 0 aromatic heterocycles. The van der Waals surface area contributed by atoms with Gasteiger partial charge in [-0.15, -0.1) is 0 Å². The summed E-state index contributed by atoms with van der Waals surface area (Å²) in [5, 5.41) is 0.422. The number of hydrogen-bond donors (Lipinski definition) is 0. The lowest BCUT2D eigenvalue weighted by Crippen LogP contribution is -2.56. The summed E-state index contributed by atoms with van der Waals surface area (Å²) in [5.41, 5.74) is 0.492. The molecule has 0 N–H and O–H groups in total. The fourth-order valence-electron chi connectivity index (χ4n) is 4.19. The van der Waals surface area contributed by atoms with Crippen molar-refractivity contribution in [2.24, 2.45) is 0 Å². The van der Waals surface area contributed by atoms with E-state index in [0.717, 1.165) is 0 Å². The first-order valence-corrected chi connectivity index (χ1v) is 12.9. The predicted octanol–water partition coefficient (Wildman–Crippen LogP) is 1.33. The quantitative estimate of drug-likeness (QED) is 0.551. The van der Waals surface area contributed by atoms with Crippen LogP contribution in [0.5, 0.6) is 0 Å². The van der Waals surface area contributed by atoms with E-state index < -0.39 is 10.2 Å². The largest absolute Gasteiger partial charge is 0.339 e. The van der Waals surface area contributed by atoms with E-state index in [-0.39, 0.29) is 18.3 Å². The van der Waals surface area contributed by atoms with E-state index in [9.17, 15) is 17.6 Å². The number of amides is 1. The number of carbonyl (C=O) groups is 1. The van der Waals surface area contributed by atoms with Crippen LogP contribution in [-0.4, -0.2) is 110 Å². The molecule has 2 fully saturated rings. The van der Waals surface area contributed by atoms with Crippen LogP contribution in [0.1, 0.15) is 19.4 Å². The number of carbonyl (C=O) groups excluding carboxylic acids is 1. The van der Waals surface area contributed by atoms with Crippen molar-refractivity contribution in [2.45, 2.75) is 20.4 Å². The summed E-state index contributed by atoms with van der Waals surface area (Å²) in [6.07, 6.45) is 0. The van der Waals surface area contributed by atoms with E-state index in [1.54, 1.807) is 12.1 Å². The Morgan fingerprint density at radius 1 is 1.00 bits per heavy atom. The molecule has 8 nitrogen and oxygen atoms in total. The van der Waals surface area contributed by atoms with E-state index >= 15 is 0 Å². The first-order valence-electron chi connectivity index (χ1n) is 11.2. The van der Waals surface area contributed by atoms with E-state index in [1.807, 2.05) is 23.6 Å². The lowest BCUT2D eigenvalue weighted by atomic mass is 10.2. The molecule has 1 aromatic carbocycles. The van der Waals surface area contributed by atoms with Crippen molar-refractivity contribution >= 4 is 27.7 Å². The Morgan fingerprint density at radius 2 is 1.59 bits per heavy atom. The molecule has 11 heteroatoms. The number of halogens is 2. The van der Waals surface area contributed by atoms with Crippen LogP contribution in [0.4, 0.5) is 4.39 Å². The summed E-state index contributed by atoms with van der Waals surface area (Å²) in [7, 11) is -3.43. The average Bonchev–Trinajstić information content (AvgIpc) is 2.78. The Labute approximate surface area is 195 Å². The van der Waals surface area contributed by atoms with Crippen molar-refractivity contribution < 1.29 is 17.6 Å². The van der Waals surface area contributed by atoms with Gasteiger partial charge in [0.2, 0.25) is 5.91 Å². The van der Waals surface area contributed by atoms with Crippen molar-refractivity contribution in [1.82, 2.24) is 23.3 Å². The molecule has 2 saturated heterocycles. The lowest BCUT2D eigenvalue weighted by molar-refractivity contribution is -0.134. The maximum atomic E-state index is 14.0. The zero-order valence-electron chi connectivity index (χ0n) is 18.8. The van der Waals surface area contributed by atoms with Crippen molar-refractivity contribution in [2.75, 3.05) is 72.0 Å². The highest BCUT2D eigenvalue weighted by Crippen LogP contribution is 2.21. The summed E-state index contributed by atoms with van der Waals surface area (Å²) in [5.74, 6) is -0.258. The standard InChI is InChI=1S/C21H33ClFN5O3S/c1-3-27(4-2)32(30,31)28-14-10-25(11-15-28)17-21(29)26-12-8-24(9-13-26)16-18-19(22)6-5-7-20(18)23/h5-7H,3-4,8-17H2,1-2H3. The van der Waals surface area contributed by atoms with Crippen LogP contribution >= 0.6 is 11.6 Å². The number of nitrogens with zero attached hydrogens (tertiary/aromatic N) is 5. The fraction of sp³-hybridized carbons (Fsp3) is 0.667. The molecule has 1 aromatic rings. The van der Waals surface area contributed by atoms with E-state index in [4.69, 9.17) is 11.6 Å². The Balaban J connectivity index is 1.44. The Kier molecular flexibility index (Phi) is 8.88. The van der Waals surface area contributed by atoms with Crippen molar-refractivity contribution in [3.8, 4) is 0 Å². The van der Waals surface area contributed by atoms with Crippen LogP contribution in [0.2, 0.25) is 5.02 Å². The molecule has 2 aliphatic heterocycles. The second-order valence-electron chi connectivity index (χ2n) is 8.12. The van der Waals surface area contributed by atoms with Crippen molar-refractivity contribution in [3.05, 3.63) is 34.6 Å². The molecule has 0 spiro atoms. The average molecular weight is 490 g/mol. The number of hydrogen-bond acceptors (Lipinski definition) is 5. The zero-order chi connectivity index (χ0) is 23.3. The minimum atomic E-state index is -3.43. The first kappa shape index (κ1) is 25.3. The third-order valence-corrected chi connectivity index (χ3v) is 8.76. The number of benzene rings is 1. The monoisotopic (exact) mass is 489 g/mol. The SMILES string of the molecule is CCN(CC)S(=O)(=O)N1CCN(CC(=O)N2CCN(Cc3c(F)cccc3Cl)CC2)CC1. The van der Waals surface area contributed by atoms with Gasteiger partial charge in [-0.1, -0.05) is 31.5 Å². The highest BCUT2D eigenvalue weighted by atomic mass is 35.5. The van der Waals surface area contributed by atoms with Gasteiger partial charge in [0.25, 0.3) is 10.2 Å². The van der Waals surface area contributed by atoms with Crippen LogP contribution in [0.15, 0.2) is 18.2 Å². The molecule has 0 radical (unpaired) electrons. The van der Waals surface area contributed by atoms with Gasteiger partial charge in [0.1, 0.15) is 5.82 Å². The van der Waals surface area contributed by atoms with Gasteiger partial charge >= 0.3 is 0 Å². The van der Waals surface area contributed by atoms with Crippen molar-refractivity contribution in [3.63, 3.8) is 0 Å². The van der Waals surface area contributed by atoms with Gasteiger partial charge in [-0.3, -0.25) is 14.6 Å². The Bertz CT molecular complexity index is 863. The van der Waals surface area contributed by atoms with Crippen LogP contribution < -0.4 is 0 Å². The Morgan fingerprint density at radius 3 is 2.16 bits per heavy atom. The molecule has 0 unspecified atom stereocenters. The lowest BCUT2D eigenvalue weighted by Gasteiger charge is -2.38. The minimum Gasteiger partial charge on any atom is -0.339 e. The summed E-state index contributed by atoms with van der Waals surface area (Å²) in [4.78, 5) is 18.7. The maximum Gasteiger partial charge on any atom is 0.282 e. The van der Waals surface area contributed by atoms with Gasteiger partial charge in [-0.25, -0.2) is 4.39 Å². The van der Waals surface area contributed by atoms with Gasteiger partial charge < -0.3 is 4.90 Å². The third kappa shape index (κ3) is 5.98. The zero-order valence-corrected chi connectivity index (χ0v) is 20.4. The predicted molar refractivity (Wildman–Crippen MR) is 123 cm³/mol. The topological polar surface area (TPSA) is 67.4 Å². The summed E-state index contributed by atoms with van der Waals surface area (Å²) in [6, 6.07) is 4.69. The number of rotatable bonds is 8. The summed E-state index contributed by atoms with van der Waals surface area (Å²) >= 11 is 6.13. The molecule has 0 aliphatic carbocycles. The molecule has 1 amide bonds. The molecule has 3 rings (SSSR count). The highest BCUT2D eigenvalue weighted by molar-refractivity contribution is 7.86. The van der Waals surface area contributed by atoms with Gasteiger partial charge in [-0.05, 0) is 12.1 Å². The molecule has 2 heterocycles. The minimum absolute atomic E-state index is 0.0497. The second kappa shape index (κ2) is 11.2. The normalized spacial score (nSPS) is 19.6. The first-order chi connectivity index (χ1) is 15.3. The van der Waals surface area contributed by atoms with Crippen LogP contribution in [0.3, 0.4) is 0 Å². The molecule has 0 saturated carbocycles.